The second-order valence-corrected chi connectivity index (χ2v) is 7.47. The number of likely N-dealkylation sites (tertiary alicyclic amines) is 1. The number of piperidine rings is 1. The largest absolute Gasteiger partial charge is 0.387 e. The SMILES string of the molecule is CCC(=O)N(c1ccccc1)[C@H]1CCN(CC(O)c2ccccc2)C[C@H]1C. The van der Waals surface area contributed by atoms with Crippen molar-refractivity contribution in [2.45, 2.75) is 38.8 Å². The van der Waals surface area contributed by atoms with Crippen LogP contribution in [0.2, 0.25) is 0 Å². The third kappa shape index (κ3) is 4.76. The number of anilines is 1. The number of benzene rings is 2. The normalized spacial score (nSPS) is 21.6. The number of rotatable bonds is 6. The summed E-state index contributed by atoms with van der Waals surface area (Å²) in [7, 11) is 0. The summed E-state index contributed by atoms with van der Waals surface area (Å²) < 4.78 is 0. The molecule has 1 saturated heterocycles. The van der Waals surface area contributed by atoms with Crippen LogP contribution in [0.15, 0.2) is 60.7 Å². The first kappa shape index (κ1) is 19.6. The maximum atomic E-state index is 12.7. The average molecular weight is 367 g/mol. The highest BCUT2D eigenvalue weighted by atomic mass is 16.3. The second-order valence-electron chi connectivity index (χ2n) is 7.47. The molecule has 1 aliphatic rings. The summed E-state index contributed by atoms with van der Waals surface area (Å²) in [5.74, 6) is 0.522. The first-order valence-electron chi connectivity index (χ1n) is 9.92. The lowest BCUT2D eigenvalue weighted by atomic mass is 9.91. The van der Waals surface area contributed by atoms with Gasteiger partial charge >= 0.3 is 0 Å². The van der Waals surface area contributed by atoms with Gasteiger partial charge in [-0.1, -0.05) is 62.4 Å². The Labute approximate surface area is 162 Å². The molecular formula is C23H30N2O2. The van der Waals surface area contributed by atoms with Crippen molar-refractivity contribution in [2.75, 3.05) is 24.5 Å². The van der Waals surface area contributed by atoms with E-state index in [1.165, 1.54) is 0 Å². The Kier molecular flexibility index (Phi) is 6.64. The first-order valence-corrected chi connectivity index (χ1v) is 9.92. The third-order valence-corrected chi connectivity index (χ3v) is 5.50. The van der Waals surface area contributed by atoms with Crippen LogP contribution in [0, 0.1) is 5.92 Å². The van der Waals surface area contributed by atoms with Crippen LogP contribution in [0.25, 0.3) is 0 Å². The summed E-state index contributed by atoms with van der Waals surface area (Å²) in [4.78, 5) is 17.0. The smallest absolute Gasteiger partial charge is 0.226 e. The minimum atomic E-state index is -0.475. The van der Waals surface area contributed by atoms with Crippen LogP contribution >= 0.6 is 0 Å². The van der Waals surface area contributed by atoms with Crippen molar-refractivity contribution >= 4 is 11.6 Å². The summed E-state index contributed by atoms with van der Waals surface area (Å²) in [6.45, 7) is 6.54. The molecule has 1 aliphatic heterocycles. The van der Waals surface area contributed by atoms with E-state index < -0.39 is 6.10 Å². The minimum absolute atomic E-state index is 0.177. The molecule has 27 heavy (non-hydrogen) atoms. The van der Waals surface area contributed by atoms with Gasteiger partial charge in [-0.15, -0.1) is 0 Å². The van der Waals surface area contributed by atoms with Crippen molar-refractivity contribution in [3.05, 3.63) is 66.2 Å². The summed E-state index contributed by atoms with van der Waals surface area (Å²) in [6, 6.07) is 20.0. The first-order chi connectivity index (χ1) is 13.1. The fourth-order valence-corrected chi connectivity index (χ4v) is 4.07. The molecule has 3 rings (SSSR count). The highest BCUT2D eigenvalue weighted by molar-refractivity contribution is 5.93. The minimum Gasteiger partial charge on any atom is -0.387 e. The molecule has 1 amide bonds. The van der Waals surface area contributed by atoms with Gasteiger partial charge in [-0.05, 0) is 30.0 Å². The zero-order chi connectivity index (χ0) is 19.2. The Hall–Kier alpha value is -2.17. The monoisotopic (exact) mass is 366 g/mol. The van der Waals surface area contributed by atoms with Crippen molar-refractivity contribution < 1.29 is 9.90 Å². The van der Waals surface area contributed by atoms with Crippen LogP contribution in [0.1, 0.15) is 38.4 Å². The standard InChI is InChI=1S/C23H30N2O2/c1-3-23(27)25(20-12-8-5-9-13-20)21-14-15-24(16-18(21)2)17-22(26)19-10-6-4-7-11-19/h4-13,18,21-22,26H,3,14-17H2,1-2H3/t18-,21+,22?/m1/s1. The highest BCUT2D eigenvalue weighted by Gasteiger charge is 2.34. The molecule has 4 nitrogen and oxygen atoms in total. The number of carbonyl (C=O) groups is 1. The molecule has 1 fully saturated rings. The number of amides is 1. The van der Waals surface area contributed by atoms with Crippen molar-refractivity contribution in [2.24, 2.45) is 5.92 Å². The van der Waals surface area contributed by atoms with E-state index in [2.05, 4.69) is 11.8 Å². The van der Waals surface area contributed by atoms with Crippen LogP contribution in [-0.4, -0.2) is 41.6 Å². The van der Waals surface area contributed by atoms with E-state index >= 15 is 0 Å². The van der Waals surface area contributed by atoms with E-state index in [9.17, 15) is 9.90 Å². The van der Waals surface area contributed by atoms with Gasteiger partial charge in [-0.2, -0.15) is 0 Å². The van der Waals surface area contributed by atoms with E-state index in [-0.39, 0.29) is 11.9 Å². The summed E-state index contributed by atoms with van der Waals surface area (Å²) >= 11 is 0. The van der Waals surface area contributed by atoms with E-state index in [1.54, 1.807) is 0 Å². The number of para-hydroxylation sites is 1. The molecule has 0 saturated carbocycles. The van der Waals surface area contributed by atoms with Gasteiger partial charge in [0.15, 0.2) is 0 Å². The van der Waals surface area contributed by atoms with Crippen molar-refractivity contribution in [3.8, 4) is 0 Å². The Balaban J connectivity index is 1.67. The van der Waals surface area contributed by atoms with Gasteiger partial charge in [0.1, 0.15) is 0 Å². The Bertz CT molecular complexity index is 720. The molecule has 2 aromatic rings. The van der Waals surface area contributed by atoms with Gasteiger partial charge in [0.2, 0.25) is 5.91 Å². The number of aliphatic hydroxyl groups is 1. The number of carbonyl (C=O) groups excluding carboxylic acids is 1. The molecule has 1 unspecified atom stereocenters. The molecule has 0 radical (unpaired) electrons. The molecule has 4 heteroatoms. The van der Waals surface area contributed by atoms with Gasteiger partial charge in [0, 0.05) is 37.8 Å². The van der Waals surface area contributed by atoms with E-state index in [0.29, 0.717) is 18.9 Å². The Morgan fingerprint density at radius 2 is 1.78 bits per heavy atom. The topological polar surface area (TPSA) is 43.8 Å². The zero-order valence-electron chi connectivity index (χ0n) is 16.3. The average Bonchev–Trinajstić information content (AvgIpc) is 2.71. The molecule has 0 aliphatic carbocycles. The predicted molar refractivity (Wildman–Crippen MR) is 110 cm³/mol. The lowest BCUT2D eigenvalue weighted by Crippen LogP contribution is -2.52. The summed E-state index contributed by atoms with van der Waals surface area (Å²) in [5.41, 5.74) is 1.94. The van der Waals surface area contributed by atoms with Crippen molar-refractivity contribution in [1.82, 2.24) is 4.90 Å². The van der Waals surface area contributed by atoms with Crippen LogP contribution in [0.5, 0.6) is 0 Å². The van der Waals surface area contributed by atoms with Crippen LogP contribution in [-0.2, 0) is 4.79 Å². The fraction of sp³-hybridized carbons (Fsp3) is 0.435. The van der Waals surface area contributed by atoms with Crippen LogP contribution < -0.4 is 4.90 Å². The maximum Gasteiger partial charge on any atom is 0.226 e. The fourth-order valence-electron chi connectivity index (χ4n) is 4.07. The highest BCUT2D eigenvalue weighted by Crippen LogP contribution is 2.29. The maximum absolute atomic E-state index is 12.7. The van der Waals surface area contributed by atoms with Gasteiger partial charge in [-0.3, -0.25) is 9.69 Å². The van der Waals surface area contributed by atoms with Gasteiger partial charge in [-0.25, -0.2) is 0 Å². The van der Waals surface area contributed by atoms with Crippen molar-refractivity contribution in [1.29, 1.82) is 0 Å². The lowest BCUT2D eigenvalue weighted by molar-refractivity contribution is -0.119. The zero-order valence-corrected chi connectivity index (χ0v) is 16.3. The van der Waals surface area contributed by atoms with Gasteiger partial charge in [0.05, 0.1) is 6.10 Å². The lowest BCUT2D eigenvalue weighted by Gasteiger charge is -2.43. The quantitative estimate of drug-likeness (QED) is 0.844. The number of nitrogens with zero attached hydrogens (tertiary/aromatic N) is 2. The molecule has 144 valence electrons. The molecule has 0 aromatic heterocycles. The van der Waals surface area contributed by atoms with Crippen LogP contribution in [0.3, 0.4) is 0 Å². The molecule has 1 heterocycles. The summed E-state index contributed by atoms with van der Waals surface area (Å²) in [5, 5.41) is 10.5. The van der Waals surface area contributed by atoms with E-state index in [0.717, 1.165) is 30.8 Å². The Morgan fingerprint density at radius 3 is 2.37 bits per heavy atom. The van der Waals surface area contributed by atoms with Gasteiger partial charge < -0.3 is 10.0 Å². The molecule has 0 bridgehead atoms. The third-order valence-electron chi connectivity index (χ3n) is 5.50. The summed E-state index contributed by atoms with van der Waals surface area (Å²) in [6.07, 6.45) is 0.954. The second kappa shape index (κ2) is 9.16. The molecular weight excluding hydrogens is 336 g/mol. The van der Waals surface area contributed by atoms with E-state index in [1.807, 2.05) is 72.5 Å². The van der Waals surface area contributed by atoms with Crippen molar-refractivity contribution in [3.63, 3.8) is 0 Å². The number of β-amino-alcohol motifs (C(OH)–C–C–N with tert-alkyl or cyclic N) is 1. The van der Waals surface area contributed by atoms with Crippen LogP contribution in [0.4, 0.5) is 5.69 Å². The molecule has 2 aromatic carbocycles. The molecule has 3 atom stereocenters. The van der Waals surface area contributed by atoms with E-state index in [4.69, 9.17) is 0 Å². The number of hydrogen-bond acceptors (Lipinski definition) is 3. The Morgan fingerprint density at radius 1 is 1.15 bits per heavy atom. The molecule has 1 N–H and O–H groups in total. The molecule has 0 spiro atoms. The van der Waals surface area contributed by atoms with Gasteiger partial charge in [0.25, 0.3) is 0 Å². The number of aliphatic hydroxyl groups excluding tert-OH is 1. The number of hydrogen-bond donors (Lipinski definition) is 1. The predicted octanol–water partition coefficient (Wildman–Crippen LogP) is 3.87.